The molecule has 1 aromatic carbocycles. The summed E-state index contributed by atoms with van der Waals surface area (Å²) in [5, 5.41) is 1.07. The van der Waals surface area contributed by atoms with Gasteiger partial charge in [0.1, 0.15) is 0 Å². The third-order valence-corrected chi connectivity index (χ3v) is 2.78. The van der Waals surface area contributed by atoms with Crippen molar-refractivity contribution in [2.24, 2.45) is 10.7 Å². The fourth-order valence-electron chi connectivity index (χ4n) is 1.26. The lowest BCUT2D eigenvalue weighted by Crippen LogP contribution is -1.89. The first-order valence-electron chi connectivity index (χ1n) is 5.48. The first-order valence-corrected chi connectivity index (χ1v) is 6.23. The van der Waals surface area contributed by atoms with E-state index >= 15 is 0 Å². The predicted molar refractivity (Wildman–Crippen MR) is 85.6 cm³/mol. The summed E-state index contributed by atoms with van der Waals surface area (Å²) in [5.74, 6) is 0. The molecule has 0 aromatic heterocycles. The number of nitrogens with two attached hydrogens (primary N) is 1. The van der Waals surface area contributed by atoms with E-state index in [-0.39, 0.29) is 0 Å². The Morgan fingerprint density at radius 1 is 1.32 bits per heavy atom. The van der Waals surface area contributed by atoms with Crippen molar-refractivity contribution >= 4 is 35.1 Å². The van der Waals surface area contributed by atoms with Crippen molar-refractivity contribution in [3.63, 3.8) is 0 Å². The van der Waals surface area contributed by atoms with Gasteiger partial charge in [-0.2, -0.15) is 0 Å². The van der Waals surface area contributed by atoms with Gasteiger partial charge in [-0.05, 0) is 29.8 Å². The fourth-order valence-corrected chi connectivity index (χ4v) is 1.76. The van der Waals surface area contributed by atoms with Crippen molar-refractivity contribution in [3.8, 4) is 0 Å². The molecule has 2 N–H and O–H groups in total. The molecule has 98 valence electrons. The molecule has 0 saturated heterocycles. The Hall–Kier alpha value is -1.77. The first-order chi connectivity index (χ1) is 9.08. The first kappa shape index (κ1) is 15.3. The van der Waals surface area contributed by atoms with Gasteiger partial charge >= 0.3 is 0 Å². The Kier molecular flexibility index (Phi) is 6.13. The van der Waals surface area contributed by atoms with Crippen LogP contribution in [0.25, 0.3) is 5.70 Å². The Labute approximate surface area is 123 Å². The maximum atomic E-state index is 6.09. The smallest absolute Gasteiger partial charge is 0.0871 e. The van der Waals surface area contributed by atoms with Crippen LogP contribution in [0.5, 0.6) is 0 Å². The molecule has 4 heteroatoms. The van der Waals surface area contributed by atoms with Gasteiger partial charge in [-0.15, -0.1) is 0 Å². The Morgan fingerprint density at radius 3 is 2.63 bits per heavy atom. The molecule has 0 radical (unpaired) electrons. The maximum Gasteiger partial charge on any atom is 0.0871 e. The lowest BCUT2D eigenvalue weighted by molar-refractivity contribution is 1.46. The zero-order chi connectivity index (χ0) is 14.3. The van der Waals surface area contributed by atoms with Gasteiger partial charge in [0.05, 0.1) is 10.7 Å². The molecule has 0 spiro atoms. The van der Waals surface area contributed by atoms with Crippen LogP contribution in [-0.2, 0) is 0 Å². The van der Waals surface area contributed by atoms with Crippen molar-refractivity contribution in [3.05, 3.63) is 77.0 Å². The Morgan fingerprint density at radius 2 is 2.05 bits per heavy atom. The third-order valence-electron chi connectivity index (χ3n) is 2.24. The Bertz CT molecular complexity index is 570. The molecule has 0 fully saturated rings. The maximum absolute atomic E-state index is 6.09. The summed E-state index contributed by atoms with van der Waals surface area (Å²) in [6.07, 6.45) is 8.19. The summed E-state index contributed by atoms with van der Waals surface area (Å²) >= 11 is 11.9. The third kappa shape index (κ3) is 4.78. The van der Waals surface area contributed by atoms with E-state index in [1.54, 1.807) is 42.6 Å². The highest BCUT2D eigenvalue weighted by Gasteiger charge is 2.04. The van der Waals surface area contributed by atoms with Gasteiger partial charge in [-0.3, -0.25) is 4.99 Å². The second-order valence-corrected chi connectivity index (χ2v) is 4.44. The van der Waals surface area contributed by atoms with Crippen molar-refractivity contribution < 1.29 is 0 Å². The van der Waals surface area contributed by atoms with Crippen LogP contribution in [0.2, 0.25) is 10.0 Å². The minimum atomic E-state index is 0.501. The molecule has 2 nitrogen and oxygen atoms in total. The number of hydrogen-bond acceptors (Lipinski definition) is 2. The highest BCUT2D eigenvalue weighted by molar-refractivity contribution is 6.35. The minimum absolute atomic E-state index is 0.501. The molecule has 0 atom stereocenters. The number of halogens is 2. The monoisotopic (exact) mass is 292 g/mol. The highest BCUT2D eigenvalue weighted by Crippen LogP contribution is 2.27. The number of rotatable bonds is 5. The number of hydrogen-bond donors (Lipinski definition) is 1. The van der Waals surface area contributed by atoms with Crippen LogP contribution >= 0.6 is 23.2 Å². The summed E-state index contributed by atoms with van der Waals surface area (Å²) in [6, 6.07) is 5.15. The molecule has 0 heterocycles. The quantitative estimate of drug-likeness (QED) is 0.624. The second kappa shape index (κ2) is 7.62. The van der Waals surface area contributed by atoms with Gasteiger partial charge in [0, 0.05) is 23.0 Å². The molecule has 0 amide bonds. The van der Waals surface area contributed by atoms with Crippen LogP contribution in [-0.4, -0.2) is 6.21 Å². The number of aliphatic imine (C=N–C) groups is 1. The molecule has 0 unspecified atom stereocenters. The summed E-state index contributed by atoms with van der Waals surface area (Å²) in [5.41, 5.74) is 7.64. The predicted octanol–water partition coefficient (Wildman–Crippen LogP) is 4.62. The van der Waals surface area contributed by atoms with Gasteiger partial charge in [0.2, 0.25) is 0 Å². The van der Waals surface area contributed by atoms with E-state index in [1.807, 2.05) is 0 Å². The molecular weight excluding hydrogens is 279 g/mol. The van der Waals surface area contributed by atoms with Gasteiger partial charge in [-0.1, -0.05) is 48.5 Å². The van der Waals surface area contributed by atoms with E-state index in [2.05, 4.69) is 18.2 Å². The molecule has 1 rings (SSSR count). The van der Waals surface area contributed by atoms with Crippen LogP contribution < -0.4 is 5.73 Å². The van der Waals surface area contributed by atoms with E-state index in [4.69, 9.17) is 28.9 Å². The van der Waals surface area contributed by atoms with E-state index in [9.17, 15) is 0 Å². The summed E-state index contributed by atoms with van der Waals surface area (Å²) in [6.45, 7) is 7.35. The SMILES string of the molecule is C=CC(=C)/C=C/C=N/C(=C\N)c1ccc(Cl)cc1Cl. The Balaban J connectivity index is 2.91. The highest BCUT2D eigenvalue weighted by atomic mass is 35.5. The fraction of sp³-hybridized carbons (Fsp3) is 0. The van der Waals surface area contributed by atoms with Gasteiger partial charge < -0.3 is 5.73 Å². The van der Waals surface area contributed by atoms with Crippen molar-refractivity contribution in [1.29, 1.82) is 0 Å². The lowest BCUT2D eigenvalue weighted by atomic mass is 10.2. The average Bonchev–Trinajstić information content (AvgIpc) is 2.39. The zero-order valence-corrected chi connectivity index (χ0v) is 11.8. The second-order valence-electron chi connectivity index (χ2n) is 3.59. The molecule has 0 bridgehead atoms. The van der Waals surface area contributed by atoms with Crippen molar-refractivity contribution in [2.45, 2.75) is 0 Å². The molecule has 19 heavy (non-hydrogen) atoms. The van der Waals surface area contributed by atoms with Crippen LogP contribution in [0.3, 0.4) is 0 Å². The topological polar surface area (TPSA) is 38.4 Å². The lowest BCUT2D eigenvalue weighted by Gasteiger charge is -2.04. The van der Waals surface area contributed by atoms with E-state index in [1.165, 1.54) is 6.20 Å². The minimum Gasteiger partial charge on any atom is -0.403 e. The van der Waals surface area contributed by atoms with Crippen LogP contribution in [0.1, 0.15) is 5.56 Å². The summed E-state index contributed by atoms with van der Waals surface area (Å²) in [7, 11) is 0. The van der Waals surface area contributed by atoms with Gasteiger partial charge in [-0.25, -0.2) is 0 Å². The van der Waals surface area contributed by atoms with Gasteiger partial charge in [0.15, 0.2) is 0 Å². The largest absolute Gasteiger partial charge is 0.403 e. The normalized spacial score (nSPS) is 12.2. The van der Waals surface area contributed by atoms with E-state index in [0.717, 1.165) is 11.1 Å². The number of allylic oxidation sites excluding steroid dienone is 4. The van der Waals surface area contributed by atoms with E-state index < -0.39 is 0 Å². The molecule has 1 aromatic rings. The summed E-state index contributed by atoms with van der Waals surface area (Å²) in [4.78, 5) is 4.23. The van der Waals surface area contributed by atoms with Crippen molar-refractivity contribution in [2.75, 3.05) is 0 Å². The standard InChI is InChI=1S/C15H14Cl2N2/c1-3-11(2)5-4-8-19-15(10-18)13-7-6-12(16)9-14(13)17/h3-10H,1-2,18H2/b5-4+,15-10-,19-8+. The molecule has 0 aliphatic carbocycles. The van der Waals surface area contributed by atoms with Crippen molar-refractivity contribution in [1.82, 2.24) is 0 Å². The molecular formula is C15H14Cl2N2. The van der Waals surface area contributed by atoms with Crippen LogP contribution in [0.4, 0.5) is 0 Å². The average molecular weight is 293 g/mol. The molecule has 0 saturated carbocycles. The zero-order valence-electron chi connectivity index (χ0n) is 10.3. The molecule has 0 aliphatic rings. The van der Waals surface area contributed by atoms with Crippen LogP contribution in [0.15, 0.2) is 66.4 Å². The number of benzene rings is 1. The van der Waals surface area contributed by atoms with Gasteiger partial charge in [0.25, 0.3) is 0 Å². The number of nitrogens with zero attached hydrogens (tertiary/aromatic N) is 1. The van der Waals surface area contributed by atoms with E-state index in [0.29, 0.717) is 15.7 Å². The molecule has 0 aliphatic heterocycles. The summed E-state index contributed by atoms with van der Waals surface area (Å²) < 4.78 is 0. The van der Waals surface area contributed by atoms with Crippen LogP contribution in [0, 0.1) is 0 Å².